The SMILES string of the molecule is CC[C@@H]1NC(=O)C(C(O)C(C)CCCCCCCCO)N(C)C(=O)[C@H](C(C)C)N(C)C(=O)[C@H](CC(C)C)N(C)C(=O)[C@H](CC(C)C)N(C)C(=O)[C@@H](C)NC(=O)[C@H](C)NC(=O)[C@H](CC(C)C)N(C)C(=O)[C@H](C(C)C)NC(=O)[C@H](CC(C)C)N(C)C(=O)CN(C)C1=O. The molecular weight excluding hydrogens is 1150 g/mol. The van der Waals surface area contributed by atoms with E-state index in [1.54, 1.807) is 41.5 Å². The van der Waals surface area contributed by atoms with Gasteiger partial charge in [0.25, 0.3) is 0 Å². The van der Waals surface area contributed by atoms with Crippen LogP contribution >= 0.6 is 0 Å². The molecule has 518 valence electrons. The van der Waals surface area contributed by atoms with Crippen LogP contribution in [0.3, 0.4) is 0 Å². The van der Waals surface area contributed by atoms with E-state index in [4.69, 9.17) is 0 Å². The average molecular weight is 1280 g/mol. The molecule has 0 saturated carbocycles. The van der Waals surface area contributed by atoms with E-state index in [9.17, 15) is 48.6 Å². The Morgan fingerprint density at radius 1 is 0.422 bits per heavy atom. The Balaban J connectivity index is 4.31. The zero-order chi connectivity index (χ0) is 69.5. The molecule has 6 N–H and O–H groups in total. The van der Waals surface area contributed by atoms with Crippen LogP contribution in [-0.2, 0) is 52.7 Å². The molecular formula is C66H121N11O13. The van der Waals surface area contributed by atoms with Gasteiger partial charge in [-0.15, -0.1) is 0 Å². The number of aliphatic hydroxyl groups is 2. The van der Waals surface area contributed by atoms with Crippen LogP contribution < -0.4 is 21.3 Å². The van der Waals surface area contributed by atoms with Crippen molar-refractivity contribution in [3.05, 3.63) is 0 Å². The van der Waals surface area contributed by atoms with Crippen LogP contribution in [0, 0.1) is 41.4 Å². The molecule has 0 aromatic rings. The van der Waals surface area contributed by atoms with Crippen molar-refractivity contribution >= 4 is 65.0 Å². The highest BCUT2D eigenvalue weighted by Gasteiger charge is 2.46. The molecule has 1 aliphatic heterocycles. The van der Waals surface area contributed by atoms with Crippen molar-refractivity contribution in [3.8, 4) is 0 Å². The fourth-order valence-electron chi connectivity index (χ4n) is 11.6. The van der Waals surface area contributed by atoms with E-state index >= 15 is 14.4 Å². The number of carbonyl (C=O) groups is 11. The molecule has 0 radical (unpaired) electrons. The van der Waals surface area contributed by atoms with Gasteiger partial charge in [0.2, 0.25) is 65.0 Å². The van der Waals surface area contributed by atoms with Crippen molar-refractivity contribution in [2.24, 2.45) is 41.4 Å². The maximum atomic E-state index is 15.3. The predicted molar refractivity (Wildman–Crippen MR) is 348 cm³/mol. The predicted octanol–water partition coefficient (Wildman–Crippen LogP) is 4.03. The third-order valence-electron chi connectivity index (χ3n) is 17.4. The van der Waals surface area contributed by atoms with E-state index in [2.05, 4.69) is 21.3 Å². The summed E-state index contributed by atoms with van der Waals surface area (Å²) < 4.78 is 0. The van der Waals surface area contributed by atoms with E-state index in [0.717, 1.165) is 35.5 Å². The highest BCUT2D eigenvalue weighted by molar-refractivity contribution is 5.99. The minimum Gasteiger partial charge on any atom is -0.396 e. The van der Waals surface area contributed by atoms with E-state index in [1.807, 2.05) is 55.4 Å². The standard InChI is InChI=1S/C66H121N11O13/c1-24-47-62(86)71(17)37-52(79)72(18)48(33-38(2)3)59(83)70-53(42(10)11)65(89)73(19)49(34-39(4)5)58(82)67-45(15)57(81)68-46(16)61(85)74(20)50(35-40(6)7)63(87)75(21)51(36-41(8)9)64(88)76(22)54(43(12)13)66(90)77(23)55(60(84)69-47)56(80)44(14)31-29-27-25-26-28-30-32-78/h38-51,53-56,78,80H,24-37H2,1-23H3,(H,67,82)(H,68,81)(H,69,84)(H,70,83)/t44?,45-,46+,47-,48-,49-,50-,51-,53-,54-,55?,56?/m0/s1. The summed E-state index contributed by atoms with van der Waals surface area (Å²) in [7, 11) is 9.96. The second-order valence-corrected chi connectivity index (χ2v) is 27.9. The molecule has 0 aromatic heterocycles. The summed E-state index contributed by atoms with van der Waals surface area (Å²) in [6.45, 7) is 27.7. The van der Waals surface area contributed by atoms with Crippen LogP contribution in [0.4, 0.5) is 0 Å². The lowest BCUT2D eigenvalue weighted by atomic mass is 9.90. The van der Waals surface area contributed by atoms with Crippen LogP contribution in [0.1, 0.15) is 188 Å². The summed E-state index contributed by atoms with van der Waals surface area (Å²) in [4.78, 5) is 170. The first-order valence-electron chi connectivity index (χ1n) is 33.1. The molecule has 12 atom stereocenters. The molecule has 24 heteroatoms. The number of rotatable bonds is 21. The van der Waals surface area contributed by atoms with Crippen molar-refractivity contribution < 1.29 is 63.0 Å². The van der Waals surface area contributed by atoms with Gasteiger partial charge >= 0.3 is 0 Å². The molecule has 1 aliphatic rings. The van der Waals surface area contributed by atoms with Gasteiger partial charge in [0.1, 0.15) is 60.4 Å². The quantitative estimate of drug-likeness (QED) is 0.0887. The highest BCUT2D eigenvalue weighted by atomic mass is 16.3. The van der Waals surface area contributed by atoms with Gasteiger partial charge < -0.3 is 65.8 Å². The van der Waals surface area contributed by atoms with Gasteiger partial charge in [-0.1, -0.05) is 129 Å². The van der Waals surface area contributed by atoms with E-state index in [1.165, 1.54) is 87.7 Å². The maximum absolute atomic E-state index is 15.3. The molecule has 1 saturated heterocycles. The number of carbonyl (C=O) groups excluding carboxylic acids is 11. The second-order valence-electron chi connectivity index (χ2n) is 27.9. The number of hydrogen-bond donors (Lipinski definition) is 6. The first-order chi connectivity index (χ1) is 41.7. The third kappa shape index (κ3) is 24.3. The van der Waals surface area contributed by atoms with E-state index < -0.39 is 156 Å². The Labute approximate surface area is 539 Å². The van der Waals surface area contributed by atoms with Gasteiger partial charge in [-0.05, 0) is 100 Å². The topological polar surface area (TPSA) is 299 Å². The average Bonchev–Trinajstić information content (AvgIpc) is 0.858. The van der Waals surface area contributed by atoms with Crippen molar-refractivity contribution in [1.82, 2.24) is 55.6 Å². The zero-order valence-corrected chi connectivity index (χ0v) is 59.3. The fraction of sp³-hybridized carbons (Fsp3) is 0.833. The second kappa shape index (κ2) is 38.8. The molecule has 0 aliphatic carbocycles. The minimum atomic E-state index is -1.61. The van der Waals surface area contributed by atoms with Crippen molar-refractivity contribution in [1.29, 1.82) is 0 Å². The number of hydrogen-bond acceptors (Lipinski definition) is 13. The van der Waals surface area contributed by atoms with E-state index in [0.29, 0.717) is 19.3 Å². The minimum absolute atomic E-state index is 0.0206. The molecule has 3 unspecified atom stereocenters. The van der Waals surface area contributed by atoms with E-state index in [-0.39, 0.29) is 62.4 Å². The number of nitrogens with one attached hydrogen (secondary N) is 4. The molecule has 1 heterocycles. The molecule has 0 bridgehead atoms. The Kier molecular flexibility index (Phi) is 35.4. The number of nitrogens with zero attached hydrogens (tertiary/aromatic N) is 7. The summed E-state index contributed by atoms with van der Waals surface area (Å²) >= 11 is 0. The van der Waals surface area contributed by atoms with Crippen molar-refractivity contribution in [3.63, 3.8) is 0 Å². The molecule has 11 amide bonds. The van der Waals surface area contributed by atoms with Gasteiger partial charge in [0.05, 0.1) is 12.6 Å². The van der Waals surface area contributed by atoms with Gasteiger partial charge in [-0.25, -0.2) is 0 Å². The summed E-state index contributed by atoms with van der Waals surface area (Å²) in [5.41, 5.74) is 0. The van der Waals surface area contributed by atoms with Crippen LogP contribution in [0.2, 0.25) is 0 Å². The van der Waals surface area contributed by atoms with Gasteiger partial charge in [0, 0.05) is 55.9 Å². The number of likely N-dealkylation sites (N-methyl/N-ethyl adjacent to an activating group) is 7. The Morgan fingerprint density at radius 2 is 0.833 bits per heavy atom. The zero-order valence-electron chi connectivity index (χ0n) is 59.3. The lowest BCUT2D eigenvalue weighted by Crippen LogP contribution is -2.63. The molecule has 0 aromatic carbocycles. The van der Waals surface area contributed by atoms with Gasteiger partial charge in [-0.3, -0.25) is 52.7 Å². The summed E-state index contributed by atoms with van der Waals surface area (Å²) in [6, 6.07) is -12.4. The molecule has 1 fully saturated rings. The molecule has 90 heavy (non-hydrogen) atoms. The third-order valence-corrected chi connectivity index (χ3v) is 17.4. The van der Waals surface area contributed by atoms with Crippen LogP contribution in [0.25, 0.3) is 0 Å². The van der Waals surface area contributed by atoms with Crippen LogP contribution in [-0.4, -0.2) is 238 Å². The Hall–Kier alpha value is -5.91. The summed E-state index contributed by atoms with van der Waals surface area (Å²) in [5, 5.41) is 32.6. The number of unbranched alkanes of at least 4 members (excludes halogenated alkanes) is 5. The molecule has 0 spiro atoms. The first-order valence-corrected chi connectivity index (χ1v) is 33.1. The summed E-state index contributed by atoms with van der Waals surface area (Å²) in [6.07, 6.45) is 4.49. The monoisotopic (exact) mass is 1280 g/mol. The lowest BCUT2D eigenvalue weighted by molar-refractivity contribution is -0.157. The van der Waals surface area contributed by atoms with Crippen LogP contribution in [0.15, 0.2) is 0 Å². The largest absolute Gasteiger partial charge is 0.396 e. The molecule has 24 nitrogen and oxygen atoms in total. The number of amides is 11. The first kappa shape index (κ1) is 82.1. The normalized spacial score (nSPS) is 26.0. The maximum Gasteiger partial charge on any atom is 0.246 e. The fourth-order valence-corrected chi connectivity index (χ4v) is 11.6. The van der Waals surface area contributed by atoms with Crippen molar-refractivity contribution in [2.75, 3.05) is 62.5 Å². The van der Waals surface area contributed by atoms with Crippen LogP contribution in [0.5, 0.6) is 0 Å². The Morgan fingerprint density at radius 3 is 1.30 bits per heavy atom. The van der Waals surface area contributed by atoms with Gasteiger partial charge in [0.15, 0.2) is 0 Å². The Bertz CT molecular complexity index is 2370. The lowest BCUT2D eigenvalue weighted by Gasteiger charge is -2.41. The van der Waals surface area contributed by atoms with Gasteiger partial charge in [-0.2, -0.15) is 0 Å². The smallest absolute Gasteiger partial charge is 0.246 e. The number of aliphatic hydroxyl groups excluding tert-OH is 2. The highest BCUT2D eigenvalue weighted by Crippen LogP contribution is 2.26. The molecule has 1 rings (SSSR count). The summed E-state index contributed by atoms with van der Waals surface area (Å²) in [5.74, 6) is -9.68. The van der Waals surface area contributed by atoms with Crippen molar-refractivity contribution in [2.45, 2.75) is 254 Å².